The topological polar surface area (TPSA) is 75.7 Å². The summed E-state index contributed by atoms with van der Waals surface area (Å²) < 4.78 is 28.3. The smallest absolute Gasteiger partial charge is 0.321 e. The number of sulfone groups is 1. The van der Waals surface area contributed by atoms with Crippen molar-refractivity contribution in [1.29, 1.82) is 0 Å². The van der Waals surface area contributed by atoms with Crippen LogP contribution in [-0.2, 0) is 14.6 Å². The first-order valence-corrected chi connectivity index (χ1v) is 9.80. The van der Waals surface area contributed by atoms with Gasteiger partial charge in [0, 0.05) is 30.9 Å². The number of hydrogen-bond acceptors (Lipinski definition) is 4. The minimum absolute atomic E-state index is 0.00212. The summed E-state index contributed by atoms with van der Waals surface area (Å²) in [6, 6.07) is 6.57. The van der Waals surface area contributed by atoms with Gasteiger partial charge in [-0.1, -0.05) is 23.7 Å². The van der Waals surface area contributed by atoms with E-state index in [4.69, 9.17) is 16.3 Å². The van der Waals surface area contributed by atoms with Crippen LogP contribution in [-0.4, -0.2) is 57.2 Å². The molecule has 1 atom stereocenters. The minimum atomic E-state index is -3.06. The first-order valence-electron chi connectivity index (χ1n) is 7.60. The third-order valence-electron chi connectivity index (χ3n) is 3.78. The Hall–Kier alpha value is -1.57. The Kier molecular flexibility index (Phi) is 6.65. The van der Waals surface area contributed by atoms with Gasteiger partial charge < -0.3 is 15.0 Å². The molecule has 1 aromatic carbocycles. The van der Waals surface area contributed by atoms with E-state index < -0.39 is 9.84 Å². The predicted molar refractivity (Wildman–Crippen MR) is 94.7 cm³/mol. The molecule has 1 saturated heterocycles. The average Bonchev–Trinajstić information content (AvgIpc) is 2.88. The van der Waals surface area contributed by atoms with Gasteiger partial charge in [-0.25, -0.2) is 13.2 Å². The second-order valence-electron chi connectivity index (χ2n) is 5.58. The molecule has 0 radical (unpaired) electrons. The minimum Gasteiger partial charge on any atom is -0.383 e. The lowest BCUT2D eigenvalue weighted by Crippen LogP contribution is -2.46. The first-order chi connectivity index (χ1) is 11.4. The lowest BCUT2D eigenvalue weighted by Gasteiger charge is -2.27. The molecule has 0 spiro atoms. The van der Waals surface area contributed by atoms with Gasteiger partial charge in [0.05, 0.1) is 18.1 Å². The molecule has 1 aromatic rings. The van der Waals surface area contributed by atoms with E-state index in [0.29, 0.717) is 24.6 Å². The molecule has 1 fully saturated rings. The zero-order valence-corrected chi connectivity index (χ0v) is 15.0. The highest BCUT2D eigenvalue weighted by Gasteiger charge is 2.34. The first kappa shape index (κ1) is 18.8. The van der Waals surface area contributed by atoms with Crippen LogP contribution in [0.1, 0.15) is 12.0 Å². The van der Waals surface area contributed by atoms with Gasteiger partial charge >= 0.3 is 6.03 Å². The van der Waals surface area contributed by atoms with E-state index in [0.717, 1.165) is 5.56 Å². The molecule has 0 bridgehead atoms. The van der Waals surface area contributed by atoms with Gasteiger partial charge in [0.2, 0.25) is 0 Å². The number of ether oxygens (including phenoxy) is 1. The van der Waals surface area contributed by atoms with E-state index >= 15 is 0 Å². The lowest BCUT2D eigenvalue weighted by molar-refractivity contribution is 0.135. The zero-order valence-electron chi connectivity index (χ0n) is 13.4. The molecule has 6 nitrogen and oxygen atoms in total. The molecular weight excluding hydrogens is 352 g/mol. The number of nitrogens with zero attached hydrogens (tertiary/aromatic N) is 1. The quantitative estimate of drug-likeness (QED) is 0.830. The fraction of sp³-hybridized carbons (Fsp3) is 0.438. The molecule has 1 aliphatic heterocycles. The maximum Gasteiger partial charge on any atom is 0.321 e. The summed E-state index contributed by atoms with van der Waals surface area (Å²) in [5.74, 6) is 0.120. The summed E-state index contributed by atoms with van der Waals surface area (Å²) in [5.41, 5.74) is 0.856. The van der Waals surface area contributed by atoms with Gasteiger partial charge in [0.1, 0.15) is 0 Å². The van der Waals surface area contributed by atoms with Crippen molar-refractivity contribution < 1.29 is 17.9 Å². The summed E-state index contributed by atoms with van der Waals surface area (Å²) in [4.78, 5) is 13.9. The van der Waals surface area contributed by atoms with Crippen molar-refractivity contribution in [3.05, 3.63) is 41.1 Å². The van der Waals surface area contributed by atoms with Crippen molar-refractivity contribution in [2.45, 2.75) is 12.5 Å². The van der Waals surface area contributed by atoms with E-state index in [2.05, 4.69) is 5.32 Å². The maximum atomic E-state index is 12.4. The number of urea groups is 1. The van der Waals surface area contributed by atoms with Crippen LogP contribution in [0.15, 0.2) is 30.5 Å². The molecular formula is C16H21ClN2O4S. The third kappa shape index (κ3) is 5.51. The number of halogens is 1. The maximum absolute atomic E-state index is 12.4. The number of carbonyl (C=O) groups excluding carboxylic acids is 1. The Morgan fingerprint density at radius 1 is 1.50 bits per heavy atom. The predicted octanol–water partition coefficient (Wildman–Crippen LogP) is 2.16. The molecule has 1 unspecified atom stereocenters. The van der Waals surface area contributed by atoms with Crippen LogP contribution in [0.25, 0.3) is 6.08 Å². The Bertz CT molecular complexity index is 706. The fourth-order valence-electron chi connectivity index (χ4n) is 2.56. The standard InChI is InChI=1S/C16H21ClN2O4S/c1-23-9-8-19(15-6-10-24(21,22)12-15)16(20)18-7-5-13-3-2-4-14(17)11-13/h2-5,7,11,15H,6,8-10,12H2,1H3,(H,18,20)/b7-5+. The summed E-state index contributed by atoms with van der Waals surface area (Å²) in [6.45, 7) is 0.690. The van der Waals surface area contributed by atoms with E-state index in [9.17, 15) is 13.2 Å². The van der Waals surface area contributed by atoms with Crippen LogP contribution in [0.3, 0.4) is 0 Å². The molecule has 2 rings (SSSR count). The van der Waals surface area contributed by atoms with E-state index in [1.807, 2.05) is 12.1 Å². The molecule has 2 amide bonds. The van der Waals surface area contributed by atoms with Gasteiger partial charge in [0.25, 0.3) is 0 Å². The number of methoxy groups -OCH3 is 1. The number of hydrogen-bond donors (Lipinski definition) is 1. The number of carbonyl (C=O) groups is 1. The van der Waals surface area contributed by atoms with Crippen molar-refractivity contribution in [2.75, 3.05) is 31.8 Å². The monoisotopic (exact) mass is 372 g/mol. The number of rotatable bonds is 6. The van der Waals surface area contributed by atoms with Gasteiger partial charge in [-0.2, -0.15) is 0 Å². The summed E-state index contributed by atoms with van der Waals surface area (Å²) in [5, 5.41) is 3.29. The Labute approximate surface area is 147 Å². The van der Waals surface area contributed by atoms with E-state index in [1.165, 1.54) is 11.1 Å². The molecule has 8 heteroatoms. The van der Waals surface area contributed by atoms with Crippen LogP contribution in [0.5, 0.6) is 0 Å². The number of nitrogens with one attached hydrogen (secondary N) is 1. The van der Waals surface area contributed by atoms with Crippen molar-refractivity contribution >= 4 is 33.5 Å². The third-order valence-corrected chi connectivity index (χ3v) is 5.76. The molecule has 1 aliphatic rings. The van der Waals surface area contributed by atoms with Crippen LogP contribution < -0.4 is 5.32 Å². The van der Waals surface area contributed by atoms with Crippen LogP contribution >= 0.6 is 11.6 Å². The zero-order chi connectivity index (χ0) is 17.6. The van der Waals surface area contributed by atoms with Crippen LogP contribution in [0.2, 0.25) is 5.02 Å². The summed E-state index contributed by atoms with van der Waals surface area (Å²) in [6.07, 6.45) is 3.71. The van der Waals surface area contributed by atoms with Crippen LogP contribution in [0, 0.1) is 0 Å². The molecule has 132 valence electrons. The van der Waals surface area contributed by atoms with Gasteiger partial charge in [-0.05, 0) is 30.2 Å². The average molecular weight is 373 g/mol. The molecule has 24 heavy (non-hydrogen) atoms. The fourth-order valence-corrected chi connectivity index (χ4v) is 4.49. The summed E-state index contributed by atoms with van der Waals surface area (Å²) in [7, 11) is -1.52. The van der Waals surface area contributed by atoms with E-state index in [1.54, 1.807) is 25.3 Å². The normalized spacial score (nSPS) is 19.5. The molecule has 0 saturated carbocycles. The van der Waals surface area contributed by atoms with Gasteiger partial charge in [-0.15, -0.1) is 0 Å². The highest BCUT2D eigenvalue weighted by molar-refractivity contribution is 7.91. The number of benzene rings is 1. The second kappa shape index (κ2) is 8.50. The van der Waals surface area contributed by atoms with Crippen molar-refractivity contribution in [3.63, 3.8) is 0 Å². The molecule has 1 N–H and O–H groups in total. The molecule has 0 aromatic heterocycles. The molecule has 0 aliphatic carbocycles. The Morgan fingerprint density at radius 3 is 2.92 bits per heavy atom. The van der Waals surface area contributed by atoms with Crippen molar-refractivity contribution in [1.82, 2.24) is 10.2 Å². The highest BCUT2D eigenvalue weighted by Crippen LogP contribution is 2.18. The largest absolute Gasteiger partial charge is 0.383 e. The van der Waals surface area contributed by atoms with Gasteiger partial charge in [-0.3, -0.25) is 0 Å². The van der Waals surface area contributed by atoms with Crippen LogP contribution in [0.4, 0.5) is 4.79 Å². The number of amides is 2. The van der Waals surface area contributed by atoms with Crippen molar-refractivity contribution in [3.8, 4) is 0 Å². The second-order valence-corrected chi connectivity index (χ2v) is 8.25. The van der Waals surface area contributed by atoms with Gasteiger partial charge in [0.15, 0.2) is 9.84 Å². The summed E-state index contributed by atoms with van der Waals surface area (Å²) >= 11 is 5.91. The lowest BCUT2D eigenvalue weighted by atomic mass is 10.2. The van der Waals surface area contributed by atoms with E-state index in [-0.39, 0.29) is 23.6 Å². The Balaban J connectivity index is 1.99. The molecule has 1 heterocycles. The van der Waals surface area contributed by atoms with Crippen molar-refractivity contribution in [2.24, 2.45) is 0 Å². The SMILES string of the molecule is COCCN(C(=O)N/C=C/c1cccc(Cl)c1)C1CCS(=O)(=O)C1. The Morgan fingerprint density at radius 2 is 2.29 bits per heavy atom. The highest BCUT2D eigenvalue weighted by atomic mass is 35.5.